The van der Waals surface area contributed by atoms with Gasteiger partial charge in [-0.05, 0) is 44.2 Å². The highest BCUT2D eigenvalue weighted by Crippen LogP contribution is 2.39. The van der Waals surface area contributed by atoms with E-state index in [0.717, 1.165) is 54.8 Å². The van der Waals surface area contributed by atoms with Crippen LogP contribution in [0, 0.1) is 0 Å². The molecule has 0 amide bonds. The minimum atomic E-state index is 0.726. The molecule has 1 fully saturated rings. The second kappa shape index (κ2) is 8.03. The van der Waals surface area contributed by atoms with Gasteiger partial charge in [-0.2, -0.15) is 0 Å². The molecule has 27 heavy (non-hydrogen) atoms. The number of nitrogens with zero attached hydrogens (tertiary/aromatic N) is 5. The van der Waals surface area contributed by atoms with Crippen molar-refractivity contribution in [2.75, 3.05) is 40.3 Å². The summed E-state index contributed by atoms with van der Waals surface area (Å²) in [7, 11) is 4.29. The predicted octanol–water partition coefficient (Wildman–Crippen LogP) is 4.07. The van der Waals surface area contributed by atoms with Crippen molar-refractivity contribution in [1.82, 2.24) is 14.8 Å². The maximum atomic E-state index is 6.31. The molecule has 0 unspecified atom stereocenters. The molecule has 0 saturated carbocycles. The first kappa shape index (κ1) is 19.9. The number of halogens is 1. The second-order valence-corrected chi connectivity index (χ2v) is 8.07. The average molecular weight is 389 g/mol. The molecule has 0 aromatic heterocycles. The SMILES string of the molecule is CCC(C)=C1c2ccc(Cl)cc2N=C(N2CCN(C)CC2)N1[N+](C)=C(C)C. The van der Waals surface area contributed by atoms with Gasteiger partial charge in [0.2, 0.25) is 0 Å². The Morgan fingerprint density at radius 1 is 1.15 bits per heavy atom. The van der Waals surface area contributed by atoms with E-state index in [0.29, 0.717) is 0 Å². The third-order valence-corrected chi connectivity index (χ3v) is 5.74. The minimum Gasteiger partial charge on any atom is -0.335 e. The lowest BCUT2D eigenvalue weighted by Gasteiger charge is -2.39. The molecule has 146 valence electrons. The Morgan fingerprint density at radius 2 is 1.81 bits per heavy atom. The van der Waals surface area contributed by atoms with Crippen molar-refractivity contribution in [2.45, 2.75) is 34.1 Å². The predicted molar refractivity (Wildman–Crippen MR) is 115 cm³/mol. The molecule has 2 aliphatic rings. The lowest BCUT2D eigenvalue weighted by atomic mass is 10.0. The highest BCUT2D eigenvalue weighted by Gasteiger charge is 2.37. The highest BCUT2D eigenvalue weighted by atomic mass is 35.5. The molecule has 0 atom stereocenters. The zero-order valence-corrected chi connectivity index (χ0v) is 18.1. The topological polar surface area (TPSA) is 25.1 Å². The Morgan fingerprint density at radius 3 is 2.41 bits per heavy atom. The van der Waals surface area contributed by atoms with Gasteiger partial charge in [0.15, 0.2) is 12.8 Å². The van der Waals surface area contributed by atoms with Gasteiger partial charge in [-0.1, -0.05) is 23.5 Å². The number of hydrogen-bond acceptors (Lipinski definition) is 4. The van der Waals surface area contributed by atoms with Crippen LogP contribution in [0.2, 0.25) is 5.02 Å². The molecular weight excluding hydrogens is 358 g/mol. The zero-order chi connectivity index (χ0) is 19.7. The summed E-state index contributed by atoms with van der Waals surface area (Å²) in [6.45, 7) is 12.7. The molecule has 0 radical (unpaired) electrons. The monoisotopic (exact) mass is 388 g/mol. The van der Waals surface area contributed by atoms with E-state index in [1.807, 2.05) is 12.1 Å². The molecule has 5 nitrogen and oxygen atoms in total. The highest BCUT2D eigenvalue weighted by molar-refractivity contribution is 6.31. The number of allylic oxidation sites excluding steroid dienone is 1. The molecule has 1 aromatic carbocycles. The van der Waals surface area contributed by atoms with Crippen LogP contribution in [0.5, 0.6) is 0 Å². The number of piperazine rings is 1. The van der Waals surface area contributed by atoms with Crippen LogP contribution in [0.25, 0.3) is 5.70 Å². The van der Waals surface area contributed by atoms with Crippen LogP contribution in [-0.2, 0) is 0 Å². The van der Waals surface area contributed by atoms with Crippen molar-refractivity contribution in [3.05, 3.63) is 34.4 Å². The summed E-state index contributed by atoms with van der Waals surface area (Å²) in [5.74, 6) is 0.990. The first-order valence-corrected chi connectivity index (χ1v) is 10.1. The molecule has 2 aliphatic heterocycles. The minimum absolute atomic E-state index is 0.726. The van der Waals surface area contributed by atoms with Gasteiger partial charge < -0.3 is 9.80 Å². The number of aliphatic imine (C=N–C) groups is 1. The standard InChI is InChI=1S/C21H31ClN5/c1-7-16(4)20-18-9-8-17(22)14-19(18)23-21(27(20)25(6)15(2)3)26-12-10-24(5)11-13-26/h8-9,14H,7,10-13H2,1-6H3/q+1. The van der Waals surface area contributed by atoms with Gasteiger partial charge in [0.1, 0.15) is 5.70 Å². The van der Waals surface area contributed by atoms with E-state index >= 15 is 0 Å². The van der Waals surface area contributed by atoms with Crippen LogP contribution in [0.3, 0.4) is 0 Å². The van der Waals surface area contributed by atoms with E-state index in [1.165, 1.54) is 17.0 Å². The third-order valence-electron chi connectivity index (χ3n) is 5.50. The summed E-state index contributed by atoms with van der Waals surface area (Å²) >= 11 is 6.31. The van der Waals surface area contributed by atoms with Crippen molar-refractivity contribution in [3.8, 4) is 0 Å². The average Bonchev–Trinajstić information content (AvgIpc) is 2.65. The van der Waals surface area contributed by atoms with E-state index in [2.05, 4.69) is 67.3 Å². The number of guanidine groups is 1. The van der Waals surface area contributed by atoms with Crippen LogP contribution in [0.15, 0.2) is 28.8 Å². The number of likely N-dealkylation sites (N-methyl/N-ethyl adjacent to an activating group) is 1. The first-order valence-electron chi connectivity index (χ1n) is 9.69. The number of fused-ring (bicyclic) bond motifs is 1. The lowest BCUT2D eigenvalue weighted by Crippen LogP contribution is -2.55. The maximum absolute atomic E-state index is 6.31. The molecule has 0 N–H and O–H groups in total. The smallest absolute Gasteiger partial charge is 0.265 e. The van der Waals surface area contributed by atoms with E-state index in [-0.39, 0.29) is 0 Å². The van der Waals surface area contributed by atoms with Crippen LogP contribution in [0.4, 0.5) is 5.69 Å². The van der Waals surface area contributed by atoms with Gasteiger partial charge in [-0.3, -0.25) is 0 Å². The Balaban J connectivity index is 2.22. The second-order valence-electron chi connectivity index (χ2n) is 7.63. The molecule has 0 aliphatic carbocycles. The Kier molecular flexibility index (Phi) is 5.92. The van der Waals surface area contributed by atoms with Crippen molar-refractivity contribution in [3.63, 3.8) is 0 Å². The van der Waals surface area contributed by atoms with Gasteiger partial charge in [0, 0.05) is 50.6 Å². The first-order chi connectivity index (χ1) is 12.8. The summed E-state index contributed by atoms with van der Waals surface area (Å²) in [6, 6.07) is 6.04. The van der Waals surface area contributed by atoms with Crippen LogP contribution in [0.1, 0.15) is 39.7 Å². The summed E-state index contributed by atoms with van der Waals surface area (Å²) in [5, 5.41) is 3.01. The van der Waals surface area contributed by atoms with Gasteiger partial charge in [-0.15, -0.1) is 4.68 Å². The molecule has 1 saturated heterocycles. The fourth-order valence-corrected chi connectivity index (χ4v) is 3.61. The number of rotatable bonds is 2. The normalized spacial score (nSPS) is 19.6. The Labute approximate surface area is 168 Å². The molecule has 1 aromatic rings. The van der Waals surface area contributed by atoms with Crippen LogP contribution >= 0.6 is 11.6 Å². The summed E-state index contributed by atoms with van der Waals surface area (Å²) < 4.78 is 2.21. The van der Waals surface area contributed by atoms with E-state index in [1.54, 1.807) is 0 Å². The lowest BCUT2D eigenvalue weighted by molar-refractivity contribution is -0.626. The number of hydrazone groups is 1. The quantitative estimate of drug-likeness (QED) is 0.564. The largest absolute Gasteiger partial charge is 0.335 e. The van der Waals surface area contributed by atoms with Crippen molar-refractivity contribution >= 4 is 34.7 Å². The Bertz CT molecular complexity index is 812. The van der Waals surface area contributed by atoms with E-state index in [9.17, 15) is 0 Å². The molecule has 0 spiro atoms. The van der Waals surface area contributed by atoms with Gasteiger partial charge in [0.25, 0.3) is 5.96 Å². The van der Waals surface area contributed by atoms with E-state index in [4.69, 9.17) is 16.6 Å². The van der Waals surface area contributed by atoms with Crippen molar-refractivity contribution in [1.29, 1.82) is 0 Å². The van der Waals surface area contributed by atoms with Gasteiger partial charge in [-0.25, -0.2) is 4.99 Å². The fraction of sp³-hybridized carbons (Fsp3) is 0.524. The van der Waals surface area contributed by atoms with Gasteiger partial charge in [0.05, 0.1) is 5.69 Å². The fourth-order valence-electron chi connectivity index (χ4n) is 3.44. The molecule has 0 bridgehead atoms. The molecule has 6 heteroatoms. The van der Waals surface area contributed by atoms with Gasteiger partial charge >= 0.3 is 0 Å². The Hall–Kier alpha value is -1.85. The summed E-state index contributed by atoms with van der Waals surface area (Å²) in [4.78, 5) is 9.84. The number of hydrogen-bond donors (Lipinski definition) is 0. The van der Waals surface area contributed by atoms with Crippen LogP contribution < -0.4 is 0 Å². The molecular formula is C21H31ClN5+. The summed E-state index contributed by atoms with van der Waals surface area (Å²) in [6.07, 6.45) is 0.987. The molecule has 3 rings (SSSR count). The van der Waals surface area contributed by atoms with Crippen molar-refractivity contribution in [2.24, 2.45) is 4.99 Å². The number of benzene rings is 1. The van der Waals surface area contributed by atoms with Crippen molar-refractivity contribution < 1.29 is 4.68 Å². The van der Waals surface area contributed by atoms with E-state index < -0.39 is 0 Å². The zero-order valence-electron chi connectivity index (χ0n) is 17.4. The van der Waals surface area contributed by atoms with Crippen LogP contribution in [-0.4, -0.2) is 71.4 Å². The third kappa shape index (κ3) is 3.90. The maximum Gasteiger partial charge on any atom is 0.265 e. The number of hydrazine groups is 1. The molecule has 2 heterocycles. The summed E-state index contributed by atoms with van der Waals surface area (Å²) in [5.41, 5.74) is 5.88.